The molecule has 1 saturated heterocycles. The minimum atomic E-state index is -0.741. The lowest BCUT2D eigenvalue weighted by atomic mass is 10.0. The first-order valence-corrected chi connectivity index (χ1v) is 9.70. The summed E-state index contributed by atoms with van der Waals surface area (Å²) in [6.07, 6.45) is 1.17. The van der Waals surface area contributed by atoms with Crippen molar-refractivity contribution in [1.82, 2.24) is 24.5 Å². The molecule has 0 aromatic carbocycles. The third-order valence-electron chi connectivity index (χ3n) is 4.67. The second-order valence-corrected chi connectivity index (χ2v) is 8.62. The maximum atomic E-state index is 12.2. The van der Waals surface area contributed by atoms with Crippen LogP contribution in [0.4, 0.5) is 10.7 Å². The summed E-state index contributed by atoms with van der Waals surface area (Å²) >= 11 is 0. The SMILES string of the molecule is Cc1nc(C(C)C)n2nc(N[C@@H]3CCN(C(=O)OC(C)(C)C)C[C@H]3O)ncc12. The molecule has 154 valence electrons. The molecule has 0 unspecified atom stereocenters. The molecule has 1 amide bonds. The van der Waals surface area contributed by atoms with Crippen molar-refractivity contribution >= 4 is 17.6 Å². The Labute approximate surface area is 165 Å². The fourth-order valence-electron chi connectivity index (χ4n) is 3.25. The lowest BCUT2D eigenvalue weighted by Crippen LogP contribution is -2.52. The van der Waals surface area contributed by atoms with Crippen molar-refractivity contribution < 1.29 is 14.6 Å². The molecule has 1 fully saturated rings. The molecular weight excluding hydrogens is 360 g/mol. The molecule has 3 heterocycles. The summed E-state index contributed by atoms with van der Waals surface area (Å²) in [7, 11) is 0. The number of imidazole rings is 1. The van der Waals surface area contributed by atoms with Gasteiger partial charge in [0.2, 0.25) is 5.95 Å². The second-order valence-electron chi connectivity index (χ2n) is 8.62. The highest BCUT2D eigenvalue weighted by Crippen LogP contribution is 2.20. The Morgan fingerprint density at radius 1 is 1.39 bits per heavy atom. The Balaban J connectivity index is 1.69. The number of hydrogen-bond donors (Lipinski definition) is 2. The number of carbonyl (C=O) groups is 1. The van der Waals surface area contributed by atoms with Crippen LogP contribution in [0.5, 0.6) is 0 Å². The fraction of sp³-hybridized carbons (Fsp3) is 0.684. The van der Waals surface area contributed by atoms with Crippen molar-refractivity contribution in [2.45, 2.75) is 71.6 Å². The van der Waals surface area contributed by atoms with Crippen LogP contribution in [-0.2, 0) is 4.74 Å². The summed E-state index contributed by atoms with van der Waals surface area (Å²) in [5.74, 6) is 1.53. The van der Waals surface area contributed by atoms with E-state index in [0.29, 0.717) is 18.9 Å². The number of rotatable bonds is 3. The minimum Gasteiger partial charge on any atom is -0.444 e. The maximum absolute atomic E-state index is 12.2. The number of nitrogens with one attached hydrogen (secondary N) is 1. The van der Waals surface area contributed by atoms with Gasteiger partial charge in [-0.05, 0) is 34.1 Å². The Morgan fingerprint density at radius 2 is 2.11 bits per heavy atom. The summed E-state index contributed by atoms with van der Waals surface area (Å²) in [6, 6.07) is -0.247. The Kier molecular flexibility index (Phi) is 5.47. The molecular formula is C19H30N6O3. The van der Waals surface area contributed by atoms with Gasteiger partial charge >= 0.3 is 6.09 Å². The van der Waals surface area contributed by atoms with Crippen LogP contribution in [0.1, 0.15) is 58.5 Å². The van der Waals surface area contributed by atoms with Crippen LogP contribution in [0.25, 0.3) is 5.52 Å². The van der Waals surface area contributed by atoms with Crippen molar-refractivity contribution in [2.24, 2.45) is 0 Å². The summed E-state index contributed by atoms with van der Waals surface area (Å²) in [4.78, 5) is 22.7. The predicted octanol–water partition coefficient (Wildman–Crippen LogP) is 2.34. The Hall–Kier alpha value is -2.42. The molecule has 0 radical (unpaired) electrons. The zero-order chi connectivity index (χ0) is 20.6. The molecule has 9 heteroatoms. The first-order chi connectivity index (χ1) is 13.0. The minimum absolute atomic E-state index is 0.205. The van der Waals surface area contributed by atoms with Gasteiger partial charge in [0.15, 0.2) is 0 Å². The zero-order valence-corrected chi connectivity index (χ0v) is 17.4. The van der Waals surface area contributed by atoms with E-state index in [2.05, 4.69) is 34.2 Å². The molecule has 0 saturated carbocycles. The third kappa shape index (κ3) is 4.35. The average molecular weight is 390 g/mol. The summed E-state index contributed by atoms with van der Waals surface area (Å²) in [5, 5.41) is 18.3. The van der Waals surface area contributed by atoms with Crippen molar-refractivity contribution in [3.05, 3.63) is 17.7 Å². The van der Waals surface area contributed by atoms with E-state index in [1.54, 1.807) is 10.7 Å². The number of aryl methyl sites for hydroxylation is 1. The maximum Gasteiger partial charge on any atom is 0.410 e. The molecule has 2 aromatic heterocycles. The van der Waals surface area contributed by atoms with Crippen molar-refractivity contribution in [2.75, 3.05) is 18.4 Å². The lowest BCUT2D eigenvalue weighted by molar-refractivity contribution is 0.00113. The Morgan fingerprint density at radius 3 is 2.71 bits per heavy atom. The number of piperidine rings is 1. The normalized spacial score (nSPS) is 20.6. The molecule has 28 heavy (non-hydrogen) atoms. The van der Waals surface area contributed by atoms with E-state index in [1.807, 2.05) is 27.7 Å². The number of fused-ring (bicyclic) bond motifs is 1. The molecule has 0 aliphatic carbocycles. The van der Waals surface area contributed by atoms with E-state index in [1.165, 1.54) is 4.90 Å². The van der Waals surface area contributed by atoms with E-state index in [4.69, 9.17) is 4.74 Å². The van der Waals surface area contributed by atoms with Gasteiger partial charge in [0.1, 0.15) is 16.9 Å². The van der Waals surface area contributed by atoms with Gasteiger partial charge in [-0.15, -0.1) is 5.10 Å². The standard InChI is InChI=1S/C19H30N6O3/c1-11(2)16-21-12(3)14-9-20-17(23-25(14)16)22-13-7-8-24(10-15(13)26)18(27)28-19(4,5)6/h9,11,13,15,26H,7-8,10H2,1-6H3,(H,22,23)/t13-,15-/m1/s1. The van der Waals surface area contributed by atoms with Crippen molar-refractivity contribution in [1.29, 1.82) is 0 Å². The van der Waals surface area contributed by atoms with Crippen LogP contribution < -0.4 is 5.32 Å². The van der Waals surface area contributed by atoms with E-state index < -0.39 is 17.8 Å². The largest absolute Gasteiger partial charge is 0.444 e. The van der Waals surface area contributed by atoms with Crippen molar-refractivity contribution in [3.8, 4) is 0 Å². The lowest BCUT2D eigenvalue weighted by Gasteiger charge is -2.36. The first kappa shape index (κ1) is 20.3. The first-order valence-electron chi connectivity index (χ1n) is 9.70. The number of likely N-dealkylation sites (tertiary alicyclic amines) is 1. The average Bonchev–Trinajstić information content (AvgIpc) is 2.92. The van der Waals surface area contributed by atoms with Gasteiger partial charge in [0, 0.05) is 12.5 Å². The number of nitrogens with zero attached hydrogens (tertiary/aromatic N) is 5. The number of carbonyl (C=O) groups excluding carboxylic acids is 1. The second kappa shape index (κ2) is 7.54. The summed E-state index contributed by atoms with van der Waals surface area (Å²) in [5.41, 5.74) is 1.20. The van der Waals surface area contributed by atoms with Crippen LogP contribution in [0.2, 0.25) is 0 Å². The predicted molar refractivity (Wildman–Crippen MR) is 105 cm³/mol. The number of hydrogen-bond acceptors (Lipinski definition) is 7. The number of aliphatic hydroxyl groups excluding tert-OH is 1. The van der Waals surface area contributed by atoms with Gasteiger partial charge in [0.25, 0.3) is 0 Å². The number of amides is 1. The number of aliphatic hydroxyl groups is 1. The summed E-state index contributed by atoms with van der Waals surface area (Å²) < 4.78 is 7.19. The Bertz CT molecular complexity index is 857. The number of anilines is 1. The fourth-order valence-corrected chi connectivity index (χ4v) is 3.25. The molecule has 1 aliphatic heterocycles. The molecule has 2 atom stereocenters. The van der Waals surface area contributed by atoms with Crippen LogP contribution in [0.3, 0.4) is 0 Å². The van der Waals surface area contributed by atoms with Gasteiger partial charge < -0.3 is 20.1 Å². The van der Waals surface area contributed by atoms with Crippen LogP contribution in [0, 0.1) is 6.92 Å². The molecule has 2 aromatic rings. The quantitative estimate of drug-likeness (QED) is 0.829. The van der Waals surface area contributed by atoms with Crippen LogP contribution >= 0.6 is 0 Å². The van der Waals surface area contributed by atoms with E-state index in [0.717, 1.165) is 17.0 Å². The molecule has 3 rings (SSSR count). The molecule has 1 aliphatic rings. The monoisotopic (exact) mass is 390 g/mol. The smallest absolute Gasteiger partial charge is 0.410 e. The summed E-state index contributed by atoms with van der Waals surface area (Å²) in [6.45, 7) is 12.3. The van der Waals surface area contributed by atoms with Gasteiger partial charge in [-0.3, -0.25) is 0 Å². The van der Waals surface area contributed by atoms with Crippen LogP contribution in [-0.4, -0.2) is 66.5 Å². The molecule has 0 spiro atoms. The van der Waals surface area contributed by atoms with Gasteiger partial charge in [-0.25, -0.2) is 19.3 Å². The van der Waals surface area contributed by atoms with E-state index >= 15 is 0 Å². The van der Waals surface area contributed by atoms with Crippen LogP contribution in [0.15, 0.2) is 6.20 Å². The van der Waals surface area contributed by atoms with E-state index in [-0.39, 0.29) is 18.5 Å². The van der Waals surface area contributed by atoms with Gasteiger partial charge in [0.05, 0.1) is 30.6 Å². The highest BCUT2D eigenvalue weighted by Gasteiger charge is 2.33. The molecule has 9 nitrogen and oxygen atoms in total. The highest BCUT2D eigenvalue weighted by atomic mass is 16.6. The van der Waals surface area contributed by atoms with Gasteiger partial charge in [-0.1, -0.05) is 13.8 Å². The van der Waals surface area contributed by atoms with E-state index in [9.17, 15) is 9.90 Å². The topological polar surface area (TPSA) is 105 Å². The number of aromatic nitrogens is 4. The van der Waals surface area contributed by atoms with Gasteiger partial charge in [-0.2, -0.15) is 0 Å². The number of β-amino-alcohol motifs (C(OH)–C–C–N with tert-alkyl or cyclic N) is 1. The molecule has 2 N–H and O–H groups in total. The molecule has 0 bridgehead atoms. The zero-order valence-electron chi connectivity index (χ0n) is 17.4. The third-order valence-corrected chi connectivity index (χ3v) is 4.67. The highest BCUT2D eigenvalue weighted by molar-refractivity contribution is 5.68. The van der Waals surface area contributed by atoms with Crippen molar-refractivity contribution in [3.63, 3.8) is 0 Å². The number of ether oxygens (including phenoxy) is 1.